The zero-order valence-electron chi connectivity index (χ0n) is 14.1. The Balaban J connectivity index is 1.74. The van der Waals surface area contributed by atoms with E-state index in [2.05, 4.69) is 27.3 Å². The second-order valence-electron chi connectivity index (χ2n) is 6.29. The molecule has 6 heteroatoms. The Morgan fingerprint density at radius 2 is 2.04 bits per heavy atom. The topological polar surface area (TPSA) is 62.1 Å². The van der Waals surface area contributed by atoms with Crippen LogP contribution in [0.1, 0.15) is 35.2 Å². The molecule has 3 rings (SSSR count). The predicted molar refractivity (Wildman–Crippen MR) is 105 cm³/mol. The van der Waals surface area contributed by atoms with Crippen molar-refractivity contribution < 1.29 is 9.53 Å². The largest absolute Gasteiger partial charge is 0.454 e. The third-order valence-electron chi connectivity index (χ3n) is 4.49. The van der Waals surface area contributed by atoms with E-state index in [1.165, 1.54) is 0 Å². The minimum Gasteiger partial charge on any atom is -0.454 e. The molecule has 0 aliphatic carbocycles. The van der Waals surface area contributed by atoms with Crippen LogP contribution in [-0.4, -0.2) is 18.9 Å². The lowest BCUT2D eigenvalue weighted by molar-refractivity contribution is 0.0952. The number of carbonyl (C=O) groups excluding carboxylic acids is 1. The molecule has 1 N–H and O–H groups in total. The van der Waals surface area contributed by atoms with Gasteiger partial charge in [-0.05, 0) is 78.1 Å². The summed E-state index contributed by atoms with van der Waals surface area (Å²) in [7, 11) is 0. The van der Waals surface area contributed by atoms with Gasteiger partial charge in [0.25, 0.3) is 0 Å². The predicted octanol–water partition coefficient (Wildman–Crippen LogP) is 5.34. The Hall–Kier alpha value is -1.87. The molecular formula is C20H18BrClN2O2. The van der Waals surface area contributed by atoms with Crippen molar-refractivity contribution in [1.29, 1.82) is 5.26 Å². The molecule has 1 saturated heterocycles. The van der Waals surface area contributed by atoms with E-state index in [4.69, 9.17) is 16.3 Å². The highest BCUT2D eigenvalue weighted by Gasteiger charge is 2.19. The maximum absolute atomic E-state index is 12.5. The molecule has 0 spiro atoms. The maximum atomic E-state index is 12.5. The summed E-state index contributed by atoms with van der Waals surface area (Å²) in [5, 5.41) is 12.9. The van der Waals surface area contributed by atoms with Crippen molar-refractivity contribution in [3.05, 3.63) is 57.0 Å². The Kier molecular flexibility index (Phi) is 6.31. The van der Waals surface area contributed by atoms with Crippen LogP contribution in [0.2, 0.25) is 5.02 Å². The van der Waals surface area contributed by atoms with E-state index >= 15 is 0 Å². The van der Waals surface area contributed by atoms with Gasteiger partial charge in [0, 0.05) is 16.5 Å². The van der Waals surface area contributed by atoms with E-state index < -0.39 is 0 Å². The number of rotatable bonds is 5. The highest BCUT2D eigenvalue weighted by atomic mass is 79.9. The van der Waals surface area contributed by atoms with Gasteiger partial charge in [0.05, 0.1) is 5.02 Å². The molecule has 134 valence electrons. The second kappa shape index (κ2) is 8.68. The fourth-order valence-corrected chi connectivity index (χ4v) is 3.70. The van der Waals surface area contributed by atoms with E-state index in [9.17, 15) is 10.1 Å². The van der Waals surface area contributed by atoms with Crippen LogP contribution in [-0.2, 0) is 0 Å². The van der Waals surface area contributed by atoms with Gasteiger partial charge in [-0.25, -0.2) is 0 Å². The minimum absolute atomic E-state index is 0.102. The lowest BCUT2D eigenvalue weighted by Gasteiger charge is -2.21. The molecule has 26 heavy (non-hydrogen) atoms. The van der Waals surface area contributed by atoms with Gasteiger partial charge < -0.3 is 10.1 Å². The number of halogens is 2. The van der Waals surface area contributed by atoms with Gasteiger partial charge in [-0.3, -0.25) is 4.79 Å². The number of Topliss-reactive ketones (excluding diaryl/α,β-unsaturated/α-hetero) is 1. The standard InChI is InChI=1S/C20H18BrClN2O2/c21-16-2-1-3-19(15(16)12-23)26-20-5-4-14(11-17(20)22)18(25)10-13-6-8-24-9-7-13/h1-5,11,13,24H,6-10H2. The molecule has 1 aliphatic heterocycles. The first-order chi connectivity index (χ1) is 12.6. The van der Waals surface area contributed by atoms with Crippen LogP contribution in [0.25, 0.3) is 0 Å². The first-order valence-corrected chi connectivity index (χ1v) is 9.65. The van der Waals surface area contributed by atoms with Crippen LogP contribution >= 0.6 is 27.5 Å². The summed E-state index contributed by atoms with van der Waals surface area (Å²) >= 11 is 9.65. The zero-order chi connectivity index (χ0) is 18.5. The van der Waals surface area contributed by atoms with Crippen LogP contribution < -0.4 is 10.1 Å². The molecule has 0 atom stereocenters. The molecule has 2 aromatic rings. The number of carbonyl (C=O) groups is 1. The normalized spacial score (nSPS) is 14.7. The molecule has 1 aliphatic rings. The molecule has 0 unspecified atom stereocenters. The number of ether oxygens (including phenoxy) is 1. The number of nitriles is 1. The van der Waals surface area contributed by atoms with E-state index in [0.29, 0.717) is 44.5 Å². The summed E-state index contributed by atoms with van der Waals surface area (Å²) in [4.78, 5) is 12.5. The van der Waals surface area contributed by atoms with Crippen molar-refractivity contribution in [2.45, 2.75) is 19.3 Å². The average molecular weight is 434 g/mol. The van der Waals surface area contributed by atoms with E-state index in [1.807, 2.05) is 0 Å². The first-order valence-electron chi connectivity index (χ1n) is 8.48. The van der Waals surface area contributed by atoms with E-state index in [0.717, 1.165) is 25.9 Å². The first kappa shape index (κ1) is 18.9. The SMILES string of the molecule is N#Cc1c(Br)cccc1Oc1ccc(C(=O)CC2CCNCC2)cc1Cl. The summed E-state index contributed by atoms with van der Waals surface area (Å²) in [5.74, 6) is 1.36. The zero-order valence-corrected chi connectivity index (χ0v) is 16.4. The van der Waals surface area contributed by atoms with Crippen LogP contribution in [0.15, 0.2) is 40.9 Å². The molecule has 0 bridgehead atoms. The van der Waals surface area contributed by atoms with Gasteiger partial charge in [0.15, 0.2) is 5.78 Å². The molecule has 1 fully saturated rings. The van der Waals surface area contributed by atoms with Crippen molar-refractivity contribution >= 4 is 33.3 Å². The highest BCUT2D eigenvalue weighted by molar-refractivity contribution is 9.10. The van der Waals surface area contributed by atoms with Gasteiger partial charge in [0.1, 0.15) is 23.1 Å². The van der Waals surface area contributed by atoms with Crippen LogP contribution in [0, 0.1) is 17.2 Å². The van der Waals surface area contributed by atoms with Crippen LogP contribution in [0.5, 0.6) is 11.5 Å². The number of nitrogens with zero attached hydrogens (tertiary/aromatic N) is 1. The van der Waals surface area contributed by atoms with Crippen molar-refractivity contribution in [3.8, 4) is 17.6 Å². The summed E-state index contributed by atoms with van der Waals surface area (Å²) < 4.78 is 6.45. The number of ketones is 1. The molecule has 4 nitrogen and oxygen atoms in total. The van der Waals surface area contributed by atoms with Gasteiger partial charge in [-0.1, -0.05) is 17.7 Å². The number of hydrogen-bond acceptors (Lipinski definition) is 4. The van der Waals surface area contributed by atoms with Crippen LogP contribution in [0.4, 0.5) is 0 Å². The molecule has 1 heterocycles. The van der Waals surface area contributed by atoms with Gasteiger partial charge in [-0.2, -0.15) is 5.26 Å². The number of nitrogens with one attached hydrogen (secondary N) is 1. The summed E-state index contributed by atoms with van der Waals surface area (Å²) in [5.41, 5.74) is 0.991. The average Bonchev–Trinajstić information content (AvgIpc) is 2.64. The smallest absolute Gasteiger partial charge is 0.163 e. The third kappa shape index (κ3) is 4.45. The fraction of sp³-hybridized carbons (Fsp3) is 0.300. The van der Waals surface area contributed by atoms with Crippen molar-refractivity contribution in [3.63, 3.8) is 0 Å². The summed E-state index contributed by atoms with van der Waals surface area (Å²) in [6, 6.07) is 12.4. The van der Waals surface area contributed by atoms with Crippen molar-refractivity contribution in [1.82, 2.24) is 5.32 Å². The van der Waals surface area contributed by atoms with Crippen molar-refractivity contribution in [2.75, 3.05) is 13.1 Å². The van der Waals surface area contributed by atoms with Gasteiger partial charge in [-0.15, -0.1) is 0 Å². The monoisotopic (exact) mass is 432 g/mol. The van der Waals surface area contributed by atoms with Crippen molar-refractivity contribution in [2.24, 2.45) is 5.92 Å². The Labute approximate surface area is 166 Å². The second-order valence-corrected chi connectivity index (χ2v) is 7.55. The summed E-state index contributed by atoms with van der Waals surface area (Å²) in [6.07, 6.45) is 2.60. The maximum Gasteiger partial charge on any atom is 0.163 e. The number of hydrogen-bond donors (Lipinski definition) is 1. The molecule has 0 amide bonds. The molecule has 2 aromatic carbocycles. The molecule has 0 saturated carbocycles. The lowest BCUT2D eigenvalue weighted by Crippen LogP contribution is -2.28. The van der Waals surface area contributed by atoms with Gasteiger partial charge in [0.2, 0.25) is 0 Å². The quantitative estimate of drug-likeness (QED) is 0.647. The summed E-state index contributed by atoms with van der Waals surface area (Å²) in [6.45, 7) is 1.94. The molecule has 0 radical (unpaired) electrons. The number of piperidine rings is 1. The highest BCUT2D eigenvalue weighted by Crippen LogP contribution is 2.34. The molecule has 0 aromatic heterocycles. The van der Waals surface area contributed by atoms with E-state index in [-0.39, 0.29) is 5.78 Å². The van der Waals surface area contributed by atoms with Gasteiger partial charge >= 0.3 is 0 Å². The third-order valence-corrected chi connectivity index (χ3v) is 5.45. The Bertz CT molecular complexity index is 857. The minimum atomic E-state index is 0.102. The number of benzene rings is 2. The van der Waals surface area contributed by atoms with Crippen LogP contribution in [0.3, 0.4) is 0 Å². The Morgan fingerprint density at radius 1 is 1.27 bits per heavy atom. The van der Waals surface area contributed by atoms with E-state index in [1.54, 1.807) is 36.4 Å². The molecular weight excluding hydrogens is 416 g/mol. The fourth-order valence-electron chi connectivity index (χ4n) is 3.04. The lowest BCUT2D eigenvalue weighted by atomic mass is 9.90. The Morgan fingerprint density at radius 3 is 2.73 bits per heavy atom.